The van der Waals surface area contributed by atoms with Crippen LogP contribution in [0.5, 0.6) is 0 Å². The average Bonchev–Trinajstić information content (AvgIpc) is 3.26. The van der Waals surface area contributed by atoms with Gasteiger partial charge in [-0.2, -0.15) is 0 Å². The lowest BCUT2D eigenvalue weighted by atomic mass is 9.96. The van der Waals surface area contributed by atoms with E-state index >= 15 is 0 Å². The van der Waals surface area contributed by atoms with E-state index in [1.807, 2.05) is 0 Å². The number of nitrogens with zero attached hydrogens (tertiary/aromatic N) is 1. The van der Waals surface area contributed by atoms with E-state index in [1.165, 1.54) is 134 Å². The molecular formula is C29H57N2+. The van der Waals surface area contributed by atoms with Gasteiger partial charge in [0.25, 0.3) is 5.82 Å². The normalized spacial score (nSPS) is 13.5. The molecule has 0 fully saturated rings. The summed E-state index contributed by atoms with van der Waals surface area (Å²) in [4.78, 5) is 3.61. The van der Waals surface area contributed by atoms with E-state index in [9.17, 15) is 0 Å². The number of H-pyrrole nitrogens is 1. The molecule has 1 heterocycles. The minimum Gasteiger partial charge on any atom is -0.247 e. The van der Waals surface area contributed by atoms with Gasteiger partial charge in [0.2, 0.25) is 0 Å². The molecule has 182 valence electrons. The van der Waals surface area contributed by atoms with Crippen LogP contribution >= 0.6 is 0 Å². The van der Waals surface area contributed by atoms with Crippen LogP contribution in [0.4, 0.5) is 0 Å². The van der Waals surface area contributed by atoms with Gasteiger partial charge in [0.05, 0.1) is 12.0 Å². The summed E-state index contributed by atoms with van der Waals surface area (Å²) in [5.74, 6) is 2.18. The number of hydrogen-bond donors (Lipinski definition) is 1. The second kappa shape index (κ2) is 19.9. The molecule has 0 saturated carbocycles. The van der Waals surface area contributed by atoms with E-state index < -0.39 is 0 Å². The highest BCUT2D eigenvalue weighted by atomic mass is 15.1. The molecule has 0 aliphatic heterocycles. The summed E-state index contributed by atoms with van der Waals surface area (Å²) in [6.07, 6.45) is 32.5. The summed E-state index contributed by atoms with van der Waals surface area (Å²) < 4.78 is 2.56. The fourth-order valence-corrected chi connectivity index (χ4v) is 5.02. The minimum absolute atomic E-state index is 0.624. The Bertz CT molecular complexity index is 493. The van der Waals surface area contributed by atoms with Gasteiger partial charge in [-0.05, 0) is 32.6 Å². The predicted molar refractivity (Wildman–Crippen MR) is 138 cm³/mol. The van der Waals surface area contributed by atoms with Crippen molar-refractivity contribution < 1.29 is 4.57 Å². The molecule has 0 aliphatic carbocycles. The molecule has 0 saturated heterocycles. The van der Waals surface area contributed by atoms with Crippen LogP contribution in [0.25, 0.3) is 0 Å². The molecule has 2 atom stereocenters. The molecule has 0 aliphatic rings. The van der Waals surface area contributed by atoms with Gasteiger partial charge in [-0.1, -0.05) is 124 Å². The Labute approximate surface area is 196 Å². The molecule has 2 unspecified atom stereocenters. The number of imidazole rings is 1. The highest BCUT2D eigenvalue weighted by Gasteiger charge is 2.24. The number of unbranched alkanes of at least 4 members (excludes halogenated alkanes) is 15. The lowest BCUT2D eigenvalue weighted by molar-refractivity contribution is -0.727. The zero-order valence-corrected chi connectivity index (χ0v) is 21.9. The molecule has 1 rings (SSSR count). The van der Waals surface area contributed by atoms with Crippen molar-refractivity contribution >= 4 is 0 Å². The Morgan fingerprint density at radius 3 is 1.58 bits per heavy atom. The number of nitrogens with one attached hydrogen (secondary N) is 1. The maximum atomic E-state index is 3.61. The third-order valence-corrected chi connectivity index (χ3v) is 7.23. The second-order valence-corrected chi connectivity index (χ2v) is 10.1. The van der Waals surface area contributed by atoms with Crippen LogP contribution in [0.15, 0.2) is 12.4 Å². The molecule has 0 radical (unpaired) electrons. The predicted octanol–water partition coefficient (Wildman–Crippen LogP) is 9.81. The second-order valence-electron chi connectivity index (χ2n) is 10.1. The molecule has 0 aromatic carbocycles. The topological polar surface area (TPSA) is 19.7 Å². The van der Waals surface area contributed by atoms with Crippen LogP contribution in [0.3, 0.4) is 0 Å². The van der Waals surface area contributed by atoms with Gasteiger partial charge in [-0.15, -0.1) is 0 Å². The maximum absolute atomic E-state index is 3.61. The lowest BCUT2D eigenvalue weighted by Crippen LogP contribution is -2.41. The molecule has 0 spiro atoms. The van der Waals surface area contributed by atoms with E-state index in [4.69, 9.17) is 0 Å². The molecule has 1 aromatic rings. The van der Waals surface area contributed by atoms with E-state index in [2.05, 4.69) is 49.6 Å². The van der Waals surface area contributed by atoms with Gasteiger partial charge in [0, 0.05) is 0 Å². The Hall–Kier alpha value is -0.790. The van der Waals surface area contributed by atoms with Crippen LogP contribution in [0.2, 0.25) is 0 Å². The van der Waals surface area contributed by atoms with E-state index in [0.717, 1.165) is 0 Å². The largest absolute Gasteiger partial charge is 0.257 e. The summed E-state index contributed by atoms with van der Waals surface area (Å²) in [6, 6.07) is 0.624. The van der Waals surface area contributed by atoms with E-state index in [1.54, 1.807) is 0 Å². The monoisotopic (exact) mass is 433 g/mol. The fraction of sp³-hybridized carbons (Fsp3) is 0.897. The van der Waals surface area contributed by atoms with Crippen molar-refractivity contribution in [2.24, 2.45) is 0 Å². The van der Waals surface area contributed by atoms with Crippen LogP contribution in [-0.4, -0.2) is 4.98 Å². The SMILES string of the molecule is CCCCCCCCCCCC(C)[n+]1cc[nH]c1C(CC)CCCCCCCCCC. The smallest absolute Gasteiger partial charge is 0.247 e. The van der Waals surface area contributed by atoms with Crippen molar-refractivity contribution in [3.05, 3.63) is 18.2 Å². The highest BCUT2D eigenvalue weighted by molar-refractivity contribution is 4.89. The molecular weight excluding hydrogens is 376 g/mol. The molecule has 2 nitrogen and oxygen atoms in total. The summed E-state index contributed by atoms with van der Waals surface area (Å²) >= 11 is 0. The molecule has 1 aromatic heterocycles. The van der Waals surface area contributed by atoms with Crippen LogP contribution in [0.1, 0.15) is 174 Å². The van der Waals surface area contributed by atoms with Gasteiger partial charge in [-0.25, -0.2) is 9.55 Å². The maximum Gasteiger partial charge on any atom is 0.257 e. The number of rotatable bonds is 22. The van der Waals surface area contributed by atoms with Gasteiger partial charge in [0.15, 0.2) is 0 Å². The quantitative estimate of drug-likeness (QED) is 0.139. The van der Waals surface area contributed by atoms with Crippen LogP contribution in [0, 0.1) is 0 Å². The minimum atomic E-state index is 0.624. The Kier molecular flexibility index (Phi) is 18.1. The first-order valence-electron chi connectivity index (χ1n) is 14.3. The molecule has 0 bridgehead atoms. The van der Waals surface area contributed by atoms with Crippen molar-refractivity contribution in [1.29, 1.82) is 0 Å². The number of hydrogen-bond acceptors (Lipinski definition) is 0. The Morgan fingerprint density at radius 2 is 1.10 bits per heavy atom. The van der Waals surface area contributed by atoms with Gasteiger partial charge < -0.3 is 0 Å². The van der Waals surface area contributed by atoms with Crippen LogP contribution in [-0.2, 0) is 0 Å². The van der Waals surface area contributed by atoms with E-state index in [-0.39, 0.29) is 0 Å². The zero-order valence-electron chi connectivity index (χ0n) is 21.9. The van der Waals surface area contributed by atoms with Gasteiger partial charge >= 0.3 is 0 Å². The van der Waals surface area contributed by atoms with Crippen molar-refractivity contribution in [3.63, 3.8) is 0 Å². The standard InChI is InChI=1S/C29H56N2/c1-5-8-10-12-14-16-17-19-21-23-27(4)31-26-25-30-29(31)28(7-3)24-22-20-18-15-13-11-9-6-2/h25-28H,5-24H2,1-4H3/p+1. The summed E-state index contributed by atoms with van der Waals surface area (Å²) in [7, 11) is 0. The Balaban J connectivity index is 2.23. The Morgan fingerprint density at radius 1 is 0.645 bits per heavy atom. The fourth-order valence-electron chi connectivity index (χ4n) is 5.02. The molecule has 1 N–H and O–H groups in total. The summed E-state index contributed by atoms with van der Waals surface area (Å²) in [5.41, 5.74) is 0. The third-order valence-electron chi connectivity index (χ3n) is 7.23. The van der Waals surface area contributed by atoms with Crippen molar-refractivity contribution in [1.82, 2.24) is 4.98 Å². The molecule has 2 heteroatoms. The number of aromatic nitrogens is 2. The van der Waals surface area contributed by atoms with Gasteiger partial charge in [0.1, 0.15) is 12.4 Å². The van der Waals surface area contributed by atoms with Crippen molar-refractivity contribution in [3.8, 4) is 0 Å². The number of aromatic amines is 1. The third kappa shape index (κ3) is 13.4. The van der Waals surface area contributed by atoms with Crippen LogP contribution < -0.4 is 4.57 Å². The first-order valence-corrected chi connectivity index (χ1v) is 14.3. The average molecular weight is 434 g/mol. The first-order chi connectivity index (χ1) is 15.2. The first kappa shape index (κ1) is 28.2. The summed E-state index contributed by atoms with van der Waals surface area (Å²) in [6.45, 7) is 9.39. The molecule has 31 heavy (non-hydrogen) atoms. The summed E-state index contributed by atoms with van der Waals surface area (Å²) in [5, 5.41) is 0. The van der Waals surface area contributed by atoms with Crippen molar-refractivity contribution in [2.75, 3.05) is 0 Å². The van der Waals surface area contributed by atoms with E-state index in [0.29, 0.717) is 12.0 Å². The lowest BCUT2D eigenvalue weighted by Gasteiger charge is -2.16. The molecule has 0 amide bonds. The van der Waals surface area contributed by atoms with Crippen molar-refractivity contribution in [2.45, 2.75) is 168 Å². The zero-order chi connectivity index (χ0) is 22.6. The van der Waals surface area contributed by atoms with Gasteiger partial charge in [-0.3, -0.25) is 0 Å². The highest BCUT2D eigenvalue weighted by Crippen LogP contribution is 2.24.